The van der Waals surface area contributed by atoms with E-state index in [0.717, 1.165) is 16.9 Å². The van der Waals surface area contributed by atoms with Gasteiger partial charge in [0.05, 0.1) is 16.6 Å². The largest absolute Gasteiger partial charge is 0.469 e. The minimum atomic E-state index is -0.438. The van der Waals surface area contributed by atoms with Crippen molar-refractivity contribution in [1.29, 1.82) is 0 Å². The van der Waals surface area contributed by atoms with Crippen LogP contribution in [-0.2, 0) is 0 Å². The summed E-state index contributed by atoms with van der Waals surface area (Å²) in [5, 5.41) is 0. The number of hydrogen-bond donors (Lipinski definition) is 1. The van der Waals surface area contributed by atoms with Gasteiger partial charge < -0.3 is 8.83 Å². The molecule has 5 heteroatoms. The summed E-state index contributed by atoms with van der Waals surface area (Å²) in [6.07, 6.45) is 1.71. The molecule has 0 fully saturated rings. The normalized spacial score (nSPS) is 13.0. The van der Waals surface area contributed by atoms with E-state index in [0.29, 0.717) is 11.1 Å². The predicted molar refractivity (Wildman–Crippen MR) is 71.0 cm³/mol. The van der Waals surface area contributed by atoms with Crippen molar-refractivity contribution in [3.05, 3.63) is 58.0 Å². The van der Waals surface area contributed by atoms with Crippen molar-refractivity contribution in [2.75, 3.05) is 0 Å². The molecule has 2 heterocycles. The zero-order valence-electron chi connectivity index (χ0n) is 9.57. The average Bonchev–Trinajstić information content (AvgIpc) is 2.92. The van der Waals surface area contributed by atoms with Gasteiger partial charge in [-0.3, -0.25) is 4.98 Å². The molecule has 1 unspecified atom stereocenters. The fourth-order valence-corrected chi connectivity index (χ4v) is 2.43. The maximum atomic E-state index is 11.1. The van der Waals surface area contributed by atoms with E-state index in [4.69, 9.17) is 8.83 Å². The highest BCUT2D eigenvalue weighted by Crippen LogP contribution is 2.33. The summed E-state index contributed by atoms with van der Waals surface area (Å²) in [4.78, 5) is 13.7. The summed E-state index contributed by atoms with van der Waals surface area (Å²) in [6.45, 7) is 1.90. The predicted octanol–water partition coefficient (Wildman–Crippen LogP) is 3.51. The van der Waals surface area contributed by atoms with Crippen LogP contribution >= 0.6 is 15.9 Å². The second-order valence-electron chi connectivity index (χ2n) is 4.12. The second-order valence-corrected chi connectivity index (χ2v) is 5.04. The Kier molecular flexibility index (Phi) is 2.63. The standard InChI is InChI=1S/C13H10BrNO3/c1-7-4-9(6-17-7)12(14)8-2-3-10-11(5-8)18-13(16)15-10/h2-6,12H,1H3,(H,15,16). The lowest BCUT2D eigenvalue weighted by Gasteiger charge is -2.06. The van der Waals surface area contributed by atoms with Crippen LogP contribution in [0.3, 0.4) is 0 Å². The Labute approximate surface area is 111 Å². The van der Waals surface area contributed by atoms with E-state index < -0.39 is 5.76 Å². The molecule has 1 aromatic carbocycles. The Balaban J connectivity index is 2.05. The quantitative estimate of drug-likeness (QED) is 0.737. The number of oxazole rings is 1. The Morgan fingerprint density at radius 2 is 2.11 bits per heavy atom. The van der Waals surface area contributed by atoms with Gasteiger partial charge in [-0.25, -0.2) is 4.79 Å². The van der Waals surface area contributed by atoms with Gasteiger partial charge in [-0.1, -0.05) is 22.0 Å². The lowest BCUT2D eigenvalue weighted by molar-refractivity contribution is 0.532. The van der Waals surface area contributed by atoms with Crippen LogP contribution in [0.1, 0.15) is 21.7 Å². The number of hydrogen-bond acceptors (Lipinski definition) is 3. The monoisotopic (exact) mass is 307 g/mol. The lowest BCUT2D eigenvalue weighted by Crippen LogP contribution is -1.92. The number of H-pyrrole nitrogens is 1. The second kappa shape index (κ2) is 4.17. The molecule has 0 aliphatic carbocycles. The highest BCUT2D eigenvalue weighted by Gasteiger charge is 2.14. The van der Waals surface area contributed by atoms with Crippen LogP contribution in [0.15, 0.2) is 44.2 Å². The topological polar surface area (TPSA) is 59.1 Å². The van der Waals surface area contributed by atoms with Crippen LogP contribution in [0.2, 0.25) is 0 Å². The first kappa shape index (κ1) is 11.3. The van der Waals surface area contributed by atoms with E-state index in [9.17, 15) is 4.79 Å². The molecule has 0 bridgehead atoms. The molecular formula is C13H10BrNO3. The molecule has 0 radical (unpaired) electrons. The Morgan fingerprint density at radius 1 is 1.28 bits per heavy atom. The molecule has 0 aliphatic rings. The SMILES string of the molecule is Cc1cc(C(Br)c2ccc3[nH]c(=O)oc3c2)co1. The molecular weight excluding hydrogens is 298 g/mol. The van der Waals surface area contributed by atoms with Gasteiger partial charge in [0.1, 0.15) is 5.76 Å². The molecule has 0 saturated heterocycles. The van der Waals surface area contributed by atoms with Crippen LogP contribution in [0.4, 0.5) is 0 Å². The van der Waals surface area contributed by atoms with Gasteiger partial charge in [0, 0.05) is 5.56 Å². The van der Waals surface area contributed by atoms with Crippen molar-refractivity contribution in [3.63, 3.8) is 0 Å². The van der Waals surface area contributed by atoms with Gasteiger partial charge in [0.25, 0.3) is 0 Å². The van der Waals surface area contributed by atoms with Crippen LogP contribution in [0.5, 0.6) is 0 Å². The minimum Gasteiger partial charge on any atom is -0.469 e. The van der Waals surface area contributed by atoms with E-state index >= 15 is 0 Å². The molecule has 0 spiro atoms. The molecule has 3 rings (SSSR count). The number of aromatic nitrogens is 1. The highest BCUT2D eigenvalue weighted by atomic mass is 79.9. The number of rotatable bonds is 2. The van der Waals surface area contributed by atoms with Gasteiger partial charge in [0.2, 0.25) is 0 Å². The summed E-state index contributed by atoms with van der Waals surface area (Å²) in [5.74, 6) is 0.427. The van der Waals surface area contributed by atoms with Gasteiger partial charge in [-0.2, -0.15) is 0 Å². The molecule has 0 aliphatic heterocycles. The number of halogens is 1. The van der Waals surface area contributed by atoms with Crippen molar-refractivity contribution >= 4 is 27.0 Å². The Morgan fingerprint density at radius 3 is 2.83 bits per heavy atom. The van der Waals surface area contributed by atoms with Crippen molar-refractivity contribution in [3.8, 4) is 0 Å². The summed E-state index contributed by atoms with van der Waals surface area (Å²) in [6, 6.07) is 7.58. The highest BCUT2D eigenvalue weighted by molar-refractivity contribution is 9.09. The fraction of sp³-hybridized carbons (Fsp3) is 0.154. The van der Waals surface area contributed by atoms with E-state index in [-0.39, 0.29) is 4.83 Å². The molecule has 0 amide bonds. The van der Waals surface area contributed by atoms with Crippen molar-refractivity contribution < 1.29 is 8.83 Å². The Bertz CT molecular complexity index is 753. The zero-order chi connectivity index (χ0) is 12.7. The fourth-order valence-electron chi connectivity index (χ4n) is 1.91. The van der Waals surface area contributed by atoms with Crippen molar-refractivity contribution in [2.45, 2.75) is 11.8 Å². The average molecular weight is 308 g/mol. The van der Waals surface area contributed by atoms with Crippen molar-refractivity contribution in [2.24, 2.45) is 0 Å². The molecule has 4 nitrogen and oxygen atoms in total. The summed E-state index contributed by atoms with van der Waals surface area (Å²) in [5.41, 5.74) is 3.30. The van der Waals surface area contributed by atoms with Crippen LogP contribution in [0, 0.1) is 6.92 Å². The lowest BCUT2D eigenvalue weighted by atomic mass is 10.1. The summed E-state index contributed by atoms with van der Waals surface area (Å²) < 4.78 is 10.3. The third-order valence-corrected chi connectivity index (χ3v) is 3.84. The van der Waals surface area contributed by atoms with E-state index in [1.165, 1.54) is 0 Å². The van der Waals surface area contributed by atoms with Gasteiger partial charge in [0.15, 0.2) is 5.58 Å². The molecule has 18 heavy (non-hydrogen) atoms. The van der Waals surface area contributed by atoms with Gasteiger partial charge >= 0.3 is 5.76 Å². The molecule has 3 aromatic rings. The molecule has 1 N–H and O–H groups in total. The Hall–Kier alpha value is -1.75. The molecule has 2 aromatic heterocycles. The number of aromatic amines is 1. The molecule has 0 saturated carbocycles. The summed E-state index contributed by atoms with van der Waals surface area (Å²) in [7, 11) is 0. The molecule has 92 valence electrons. The third-order valence-electron chi connectivity index (χ3n) is 2.78. The number of benzene rings is 1. The third kappa shape index (κ3) is 1.90. The van der Waals surface area contributed by atoms with Crippen LogP contribution in [-0.4, -0.2) is 4.98 Å². The first-order valence-corrected chi connectivity index (χ1v) is 6.37. The van der Waals surface area contributed by atoms with Crippen LogP contribution < -0.4 is 5.76 Å². The number of alkyl halides is 1. The van der Waals surface area contributed by atoms with E-state index in [1.807, 2.05) is 31.2 Å². The molecule has 1 atom stereocenters. The number of furan rings is 1. The zero-order valence-corrected chi connectivity index (χ0v) is 11.2. The first-order chi connectivity index (χ1) is 8.63. The van der Waals surface area contributed by atoms with Crippen molar-refractivity contribution in [1.82, 2.24) is 4.98 Å². The first-order valence-electron chi connectivity index (χ1n) is 5.45. The van der Waals surface area contributed by atoms with Gasteiger partial charge in [-0.05, 0) is 30.7 Å². The minimum absolute atomic E-state index is 0.0135. The number of aryl methyl sites for hydroxylation is 1. The maximum Gasteiger partial charge on any atom is 0.417 e. The number of fused-ring (bicyclic) bond motifs is 1. The smallest absolute Gasteiger partial charge is 0.417 e. The van der Waals surface area contributed by atoms with E-state index in [2.05, 4.69) is 20.9 Å². The summed E-state index contributed by atoms with van der Waals surface area (Å²) >= 11 is 3.61. The van der Waals surface area contributed by atoms with E-state index in [1.54, 1.807) is 6.26 Å². The van der Waals surface area contributed by atoms with Gasteiger partial charge in [-0.15, -0.1) is 0 Å². The number of nitrogens with one attached hydrogen (secondary N) is 1. The maximum absolute atomic E-state index is 11.1. The van der Waals surface area contributed by atoms with Crippen LogP contribution in [0.25, 0.3) is 11.1 Å².